The van der Waals surface area contributed by atoms with Crippen LogP contribution in [-0.2, 0) is 16.0 Å². The lowest BCUT2D eigenvalue weighted by Gasteiger charge is -2.23. The quantitative estimate of drug-likeness (QED) is 0.654. The first-order valence-corrected chi connectivity index (χ1v) is 8.56. The van der Waals surface area contributed by atoms with Crippen LogP contribution in [0.25, 0.3) is 0 Å². The van der Waals surface area contributed by atoms with E-state index in [0.29, 0.717) is 11.3 Å². The van der Waals surface area contributed by atoms with Gasteiger partial charge >= 0.3 is 12.3 Å². The molecule has 0 radical (unpaired) electrons. The number of halogens is 3. The maximum atomic E-state index is 12.4. The summed E-state index contributed by atoms with van der Waals surface area (Å²) in [7, 11) is 0. The second-order valence-corrected chi connectivity index (χ2v) is 6.98. The van der Waals surface area contributed by atoms with Crippen molar-refractivity contribution in [3.63, 3.8) is 0 Å². The molecule has 156 valence electrons. The number of carbonyl (C=O) groups excluding carboxylic acids is 2. The van der Waals surface area contributed by atoms with Gasteiger partial charge in [0.1, 0.15) is 30.5 Å². The predicted octanol–water partition coefficient (Wildman–Crippen LogP) is 3.37. The van der Waals surface area contributed by atoms with E-state index in [9.17, 15) is 22.8 Å². The summed E-state index contributed by atoms with van der Waals surface area (Å²) in [5, 5.41) is 4.10. The lowest BCUT2D eigenvalue weighted by Crippen LogP contribution is -2.50. The molecule has 2 N–H and O–H groups in total. The molecule has 0 aliphatic carbocycles. The van der Waals surface area contributed by atoms with Crippen molar-refractivity contribution in [2.75, 3.05) is 13.2 Å². The van der Waals surface area contributed by atoms with Crippen LogP contribution in [0.15, 0.2) is 36.9 Å². The highest BCUT2D eigenvalue weighted by molar-refractivity contribution is 5.86. The zero-order valence-corrected chi connectivity index (χ0v) is 16.1. The van der Waals surface area contributed by atoms with Gasteiger partial charge in [0, 0.05) is 6.42 Å². The second-order valence-electron chi connectivity index (χ2n) is 6.98. The Morgan fingerprint density at radius 1 is 1.25 bits per heavy atom. The van der Waals surface area contributed by atoms with Gasteiger partial charge in [0.15, 0.2) is 0 Å². The Hall–Kier alpha value is -2.71. The van der Waals surface area contributed by atoms with E-state index in [1.165, 1.54) is 0 Å². The molecule has 0 fully saturated rings. The van der Waals surface area contributed by atoms with E-state index in [0.717, 1.165) is 0 Å². The molecule has 0 unspecified atom stereocenters. The molecule has 0 aliphatic heterocycles. The Kier molecular flexibility index (Phi) is 8.34. The number of rotatable bonds is 8. The highest BCUT2D eigenvalue weighted by Crippen LogP contribution is 2.16. The third-order valence-electron chi connectivity index (χ3n) is 3.18. The number of carbonyl (C=O) groups is 2. The van der Waals surface area contributed by atoms with Crippen molar-refractivity contribution in [1.29, 1.82) is 0 Å². The molecule has 1 aromatic rings. The average molecular weight is 402 g/mol. The Morgan fingerprint density at radius 3 is 2.50 bits per heavy atom. The number of amides is 2. The minimum Gasteiger partial charge on any atom is -0.490 e. The van der Waals surface area contributed by atoms with Gasteiger partial charge in [0.25, 0.3) is 0 Å². The Bertz CT molecular complexity index is 684. The molecular weight excluding hydrogens is 377 g/mol. The fraction of sp³-hybridized carbons (Fsp3) is 0.474. The van der Waals surface area contributed by atoms with Crippen LogP contribution in [0.2, 0.25) is 0 Å². The van der Waals surface area contributed by atoms with Gasteiger partial charge in [-0.1, -0.05) is 24.8 Å². The molecule has 1 rings (SSSR count). The van der Waals surface area contributed by atoms with E-state index < -0.39 is 36.4 Å². The smallest absolute Gasteiger partial charge is 0.408 e. The SMILES string of the molecule is C=CCOc1cccc(C[C@H](NC(=O)OC(C)(C)C)C(=O)NCC(F)(F)F)c1. The standard InChI is InChI=1S/C19H25F3N2O4/c1-5-9-27-14-8-6-7-13(10-14)11-15(16(25)23-12-19(20,21)22)24-17(26)28-18(2,3)4/h5-8,10,15H,1,9,11-12H2,2-4H3,(H,23,25)(H,24,26)/t15-/m0/s1. The van der Waals surface area contributed by atoms with Crippen LogP contribution in [0.5, 0.6) is 5.75 Å². The molecule has 0 aliphatic rings. The minimum absolute atomic E-state index is 0.0474. The molecule has 2 amide bonds. The Balaban J connectivity index is 2.91. The molecule has 0 heterocycles. The summed E-state index contributed by atoms with van der Waals surface area (Å²) in [6.45, 7) is 7.21. The third-order valence-corrected chi connectivity index (χ3v) is 3.18. The van der Waals surface area contributed by atoms with E-state index >= 15 is 0 Å². The Labute approximate surface area is 162 Å². The van der Waals surface area contributed by atoms with E-state index in [-0.39, 0.29) is 13.0 Å². The number of benzene rings is 1. The molecule has 1 aromatic carbocycles. The van der Waals surface area contributed by atoms with Crippen LogP contribution in [0, 0.1) is 0 Å². The van der Waals surface area contributed by atoms with Gasteiger partial charge in [-0.25, -0.2) is 4.79 Å². The Morgan fingerprint density at radius 2 is 1.93 bits per heavy atom. The summed E-state index contributed by atoms with van der Waals surface area (Å²) >= 11 is 0. The van der Waals surface area contributed by atoms with E-state index in [1.54, 1.807) is 56.4 Å². The van der Waals surface area contributed by atoms with Crippen molar-refractivity contribution in [2.24, 2.45) is 0 Å². The average Bonchev–Trinajstić information content (AvgIpc) is 2.55. The first-order chi connectivity index (χ1) is 12.9. The lowest BCUT2D eigenvalue weighted by atomic mass is 10.0. The molecular formula is C19H25F3N2O4. The first kappa shape index (κ1) is 23.3. The van der Waals surface area contributed by atoms with Crippen molar-refractivity contribution >= 4 is 12.0 Å². The molecule has 9 heteroatoms. The van der Waals surface area contributed by atoms with Gasteiger partial charge in [0.05, 0.1) is 0 Å². The van der Waals surface area contributed by atoms with Crippen LogP contribution in [0.3, 0.4) is 0 Å². The van der Waals surface area contributed by atoms with Gasteiger partial charge in [-0.05, 0) is 38.5 Å². The summed E-state index contributed by atoms with van der Waals surface area (Å²) in [6.07, 6.45) is -3.96. The summed E-state index contributed by atoms with van der Waals surface area (Å²) in [4.78, 5) is 24.2. The van der Waals surface area contributed by atoms with Crippen molar-refractivity contribution < 1.29 is 32.2 Å². The maximum Gasteiger partial charge on any atom is 0.408 e. The fourth-order valence-corrected chi connectivity index (χ4v) is 2.12. The van der Waals surface area contributed by atoms with E-state index in [2.05, 4.69) is 11.9 Å². The normalized spacial score (nSPS) is 12.6. The minimum atomic E-state index is -4.56. The van der Waals surface area contributed by atoms with E-state index in [1.807, 2.05) is 0 Å². The summed E-state index contributed by atoms with van der Waals surface area (Å²) in [5.41, 5.74) is -0.236. The highest BCUT2D eigenvalue weighted by Gasteiger charge is 2.31. The van der Waals surface area contributed by atoms with Gasteiger partial charge < -0.3 is 20.1 Å². The third kappa shape index (κ3) is 9.84. The fourth-order valence-electron chi connectivity index (χ4n) is 2.12. The van der Waals surface area contributed by atoms with Crippen molar-refractivity contribution in [2.45, 2.75) is 45.0 Å². The van der Waals surface area contributed by atoms with Crippen LogP contribution >= 0.6 is 0 Å². The van der Waals surface area contributed by atoms with Gasteiger partial charge in [0.2, 0.25) is 5.91 Å². The van der Waals surface area contributed by atoms with Crippen molar-refractivity contribution in [3.8, 4) is 5.75 Å². The molecule has 0 aromatic heterocycles. The molecule has 0 saturated carbocycles. The monoisotopic (exact) mass is 402 g/mol. The highest BCUT2D eigenvalue weighted by atomic mass is 19.4. The topological polar surface area (TPSA) is 76.7 Å². The lowest BCUT2D eigenvalue weighted by molar-refractivity contribution is -0.139. The van der Waals surface area contributed by atoms with Gasteiger partial charge in [-0.15, -0.1) is 0 Å². The number of ether oxygens (including phenoxy) is 2. The number of nitrogens with one attached hydrogen (secondary N) is 2. The molecule has 0 spiro atoms. The molecule has 0 bridgehead atoms. The number of hydrogen-bond acceptors (Lipinski definition) is 4. The first-order valence-electron chi connectivity index (χ1n) is 8.56. The molecule has 0 saturated heterocycles. The summed E-state index contributed by atoms with van der Waals surface area (Å²) in [6, 6.07) is 5.40. The van der Waals surface area contributed by atoms with Crippen LogP contribution in [0.4, 0.5) is 18.0 Å². The van der Waals surface area contributed by atoms with Crippen molar-refractivity contribution in [1.82, 2.24) is 10.6 Å². The molecule has 6 nitrogen and oxygen atoms in total. The number of hydrogen-bond donors (Lipinski definition) is 2. The zero-order valence-electron chi connectivity index (χ0n) is 16.1. The summed E-state index contributed by atoms with van der Waals surface area (Å²) in [5.74, 6) is -0.468. The van der Waals surface area contributed by atoms with Crippen molar-refractivity contribution in [3.05, 3.63) is 42.5 Å². The van der Waals surface area contributed by atoms with E-state index in [4.69, 9.17) is 9.47 Å². The zero-order chi connectivity index (χ0) is 21.4. The molecule has 1 atom stereocenters. The van der Waals surface area contributed by atoms with Crippen LogP contribution in [0.1, 0.15) is 26.3 Å². The number of alkyl carbamates (subject to hydrolysis) is 1. The maximum absolute atomic E-state index is 12.4. The summed E-state index contributed by atoms with van der Waals surface area (Å²) < 4.78 is 47.7. The second kappa shape index (κ2) is 10.0. The predicted molar refractivity (Wildman–Crippen MR) is 98.1 cm³/mol. The van der Waals surface area contributed by atoms with Gasteiger partial charge in [-0.3, -0.25) is 4.79 Å². The number of alkyl halides is 3. The van der Waals surface area contributed by atoms with Crippen LogP contribution < -0.4 is 15.4 Å². The largest absolute Gasteiger partial charge is 0.490 e. The molecule has 28 heavy (non-hydrogen) atoms. The van der Waals surface area contributed by atoms with Crippen LogP contribution in [-0.4, -0.2) is 43.0 Å². The van der Waals surface area contributed by atoms with Gasteiger partial charge in [-0.2, -0.15) is 13.2 Å².